The molecule has 0 bridgehead atoms. The van der Waals surface area contributed by atoms with Crippen molar-refractivity contribution in [1.82, 2.24) is 29.7 Å². The molecule has 1 aliphatic heterocycles. The van der Waals surface area contributed by atoms with Crippen molar-refractivity contribution in [2.45, 2.75) is 45.8 Å². The molecule has 0 N–H and O–H groups in total. The van der Waals surface area contributed by atoms with Gasteiger partial charge in [-0.1, -0.05) is 5.21 Å². The summed E-state index contributed by atoms with van der Waals surface area (Å²) >= 11 is 0. The van der Waals surface area contributed by atoms with Crippen LogP contribution in [0.4, 0.5) is 4.79 Å². The van der Waals surface area contributed by atoms with Gasteiger partial charge in [-0.3, -0.25) is 9.59 Å². The first kappa shape index (κ1) is 22.6. The largest absolute Gasteiger partial charge is 0.444 e. The molecule has 0 aliphatic carbocycles. The van der Waals surface area contributed by atoms with Crippen molar-refractivity contribution in [2.24, 2.45) is 5.92 Å². The summed E-state index contributed by atoms with van der Waals surface area (Å²) in [6.07, 6.45) is 2.92. The molecule has 1 aromatic rings. The van der Waals surface area contributed by atoms with Gasteiger partial charge in [-0.2, -0.15) is 0 Å². The average Bonchev–Trinajstić information content (AvgIpc) is 3.08. The average molecular weight is 409 g/mol. The van der Waals surface area contributed by atoms with Gasteiger partial charge >= 0.3 is 6.09 Å². The molecule has 1 saturated heterocycles. The van der Waals surface area contributed by atoms with Gasteiger partial charge in [0.15, 0.2) is 5.69 Å². The van der Waals surface area contributed by atoms with Crippen molar-refractivity contribution in [2.75, 3.05) is 40.8 Å². The SMILES string of the molecule is CN(C)C(=O)Cn1cc(C(=O)N2CCCC(CN(C)C(=O)OC(C)(C)C)C2)nn1. The van der Waals surface area contributed by atoms with Crippen molar-refractivity contribution in [3.63, 3.8) is 0 Å². The van der Waals surface area contributed by atoms with Gasteiger partial charge < -0.3 is 19.4 Å². The number of piperidine rings is 1. The molecule has 0 spiro atoms. The monoisotopic (exact) mass is 408 g/mol. The molecule has 0 aromatic carbocycles. The summed E-state index contributed by atoms with van der Waals surface area (Å²) in [6, 6.07) is 0. The van der Waals surface area contributed by atoms with Gasteiger partial charge in [0.25, 0.3) is 5.91 Å². The van der Waals surface area contributed by atoms with Crippen molar-refractivity contribution < 1.29 is 19.1 Å². The Balaban J connectivity index is 1.93. The molecule has 29 heavy (non-hydrogen) atoms. The van der Waals surface area contributed by atoms with E-state index in [-0.39, 0.29) is 36.1 Å². The summed E-state index contributed by atoms with van der Waals surface area (Å²) in [5.74, 6) is -0.175. The lowest BCUT2D eigenvalue weighted by atomic mass is 9.97. The number of amides is 3. The van der Waals surface area contributed by atoms with Gasteiger partial charge in [-0.05, 0) is 39.5 Å². The van der Waals surface area contributed by atoms with Crippen molar-refractivity contribution in [3.8, 4) is 0 Å². The molecule has 1 aromatic heterocycles. The molecule has 1 atom stereocenters. The number of likely N-dealkylation sites (N-methyl/N-ethyl adjacent to an activating group) is 1. The summed E-state index contributed by atoms with van der Waals surface area (Å²) in [5.41, 5.74) is -0.322. The Morgan fingerprint density at radius 1 is 1.24 bits per heavy atom. The lowest BCUT2D eigenvalue weighted by Gasteiger charge is -2.34. The molecule has 3 amide bonds. The van der Waals surface area contributed by atoms with E-state index >= 15 is 0 Å². The molecular formula is C19H32N6O4. The first-order chi connectivity index (χ1) is 13.5. The molecule has 2 rings (SSSR count). The van der Waals surface area contributed by atoms with Crippen molar-refractivity contribution in [1.29, 1.82) is 0 Å². The Bertz CT molecular complexity index is 739. The van der Waals surface area contributed by atoms with E-state index in [9.17, 15) is 14.4 Å². The molecule has 2 heterocycles. The lowest BCUT2D eigenvalue weighted by Crippen LogP contribution is -2.45. The van der Waals surface area contributed by atoms with Gasteiger partial charge in [0.1, 0.15) is 12.1 Å². The van der Waals surface area contributed by atoms with E-state index in [4.69, 9.17) is 4.74 Å². The van der Waals surface area contributed by atoms with Gasteiger partial charge in [0.2, 0.25) is 5.91 Å². The maximum absolute atomic E-state index is 12.8. The number of nitrogens with zero attached hydrogens (tertiary/aromatic N) is 6. The maximum Gasteiger partial charge on any atom is 0.410 e. The van der Waals surface area contributed by atoms with Crippen LogP contribution in [0.15, 0.2) is 6.20 Å². The number of carbonyl (C=O) groups is 3. The topological polar surface area (TPSA) is 101 Å². The van der Waals surface area contributed by atoms with Gasteiger partial charge in [-0.25, -0.2) is 9.48 Å². The number of aromatic nitrogens is 3. The molecule has 1 fully saturated rings. The van der Waals surface area contributed by atoms with E-state index in [1.807, 2.05) is 20.8 Å². The van der Waals surface area contributed by atoms with Gasteiger partial charge in [0, 0.05) is 40.8 Å². The minimum absolute atomic E-state index is 0.0383. The highest BCUT2D eigenvalue weighted by atomic mass is 16.6. The van der Waals surface area contributed by atoms with E-state index < -0.39 is 5.60 Å². The van der Waals surface area contributed by atoms with Crippen LogP contribution < -0.4 is 0 Å². The van der Waals surface area contributed by atoms with Crippen LogP contribution in [-0.2, 0) is 16.1 Å². The highest BCUT2D eigenvalue weighted by Gasteiger charge is 2.29. The number of carbonyl (C=O) groups excluding carboxylic acids is 3. The highest BCUT2D eigenvalue weighted by molar-refractivity contribution is 5.92. The molecule has 0 saturated carbocycles. The minimum atomic E-state index is -0.542. The first-order valence-corrected chi connectivity index (χ1v) is 9.80. The van der Waals surface area contributed by atoms with Crippen LogP contribution in [0.5, 0.6) is 0 Å². The lowest BCUT2D eigenvalue weighted by molar-refractivity contribution is -0.129. The number of hydrogen-bond donors (Lipinski definition) is 0. The van der Waals surface area contributed by atoms with Crippen LogP contribution in [0.3, 0.4) is 0 Å². The number of ether oxygens (including phenoxy) is 1. The summed E-state index contributed by atoms with van der Waals surface area (Å²) in [5, 5.41) is 7.81. The van der Waals surface area contributed by atoms with Crippen LogP contribution in [0.25, 0.3) is 0 Å². The normalized spacial score (nSPS) is 17.0. The van der Waals surface area contributed by atoms with E-state index in [2.05, 4.69) is 10.3 Å². The molecule has 10 nitrogen and oxygen atoms in total. The van der Waals surface area contributed by atoms with E-state index in [1.54, 1.807) is 30.9 Å². The summed E-state index contributed by atoms with van der Waals surface area (Å²) in [4.78, 5) is 41.5. The molecular weight excluding hydrogens is 376 g/mol. The zero-order valence-corrected chi connectivity index (χ0v) is 18.2. The third-order valence-corrected chi connectivity index (χ3v) is 4.60. The van der Waals surface area contributed by atoms with Gasteiger partial charge in [0.05, 0.1) is 6.20 Å². The Morgan fingerprint density at radius 2 is 1.93 bits per heavy atom. The van der Waals surface area contributed by atoms with Crippen molar-refractivity contribution >= 4 is 17.9 Å². The van der Waals surface area contributed by atoms with E-state index in [1.165, 1.54) is 15.8 Å². The Kier molecular flexibility index (Phi) is 7.21. The van der Waals surface area contributed by atoms with E-state index in [0.717, 1.165) is 12.8 Å². The smallest absolute Gasteiger partial charge is 0.410 e. The van der Waals surface area contributed by atoms with E-state index in [0.29, 0.717) is 19.6 Å². The van der Waals surface area contributed by atoms with Crippen LogP contribution in [-0.4, -0.2) is 94.0 Å². The molecule has 1 unspecified atom stereocenters. The number of hydrogen-bond acceptors (Lipinski definition) is 6. The fourth-order valence-electron chi connectivity index (χ4n) is 3.12. The van der Waals surface area contributed by atoms with Crippen LogP contribution in [0.2, 0.25) is 0 Å². The molecule has 10 heteroatoms. The zero-order chi connectivity index (χ0) is 21.8. The molecule has 1 aliphatic rings. The standard InChI is InChI=1S/C19H32N6O4/c1-19(2,3)29-18(28)23(6)10-14-8-7-9-24(11-14)17(27)15-12-25(21-20-15)13-16(26)22(4)5/h12,14H,7-11,13H2,1-6H3. The fourth-order valence-corrected chi connectivity index (χ4v) is 3.12. The Morgan fingerprint density at radius 3 is 2.55 bits per heavy atom. The summed E-state index contributed by atoms with van der Waals surface area (Å²) in [6.45, 7) is 7.22. The third-order valence-electron chi connectivity index (χ3n) is 4.60. The van der Waals surface area contributed by atoms with Gasteiger partial charge in [-0.15, -0.1) is 5.10 Å². The highest BCUT2D eigenvalue weighted by Crippen LogP contribution is 2.20. The second kappa shape index (κ2) is 9.23. The Hall–Kier alpha value is -2.65. The number of rotatable bonds is 5. The number of likely N-dealkylation sites (tertiary alicyclic amines) is 1. The Labute approximate surface area is 171 Å². The second-order valence-electron chi connectivity index (χ2n) is 8.71. The predicted octanol–water partition coefficient (Wildman–Crippen LogP) is 1.09. The zero-order valence-electron chi connectivity index (χ0n) is 18.2. The first-order valence-electron chi connectivity index (χ1n) is 9.80. The van der Waals surface area contributed by atoms with Crippen LogP contribution in [0.1, 0.15) is 44.1 Å². The van der Waals surface area contributed by atoms with Crippen molar-refractivity contribution in [3.05, 3.63) is 11.9 Å². The minimum Gasteiger partial charge on any atom is -0.444 e. The maximum atomic E-state index is 12.8. The van der Waals surface area contributed by atoms with Crippen LogP contribution >= 0.6 is 0 Å². The fraction of sp³-hybridized carbons (Fsp3) is 0.737. The third kappa shape index (κ3) is 6.72. The summed E-state index contributed by atoms with van der Waals surface area (Å²) < 4.78 is 6.76. The van der Waals surface area contributed by atoms with Crippen LogP contribution in [0, 0.1) is 5.92 Å². The second-order valence-corrected chi connectivity index (χ2v) is 8.71. The predicted molar refractivity (Wildman–Crippen MR) is 106 cm³/mol. The molecule has 0 radical (unpaired) electrons. The quantitative estimate of drug-likeness (QED) is 0.723. The molecule has 162 valence electrons. The summed E-state index contributed by atoms with van der Waals surface area (Å²) in [7, 11) is 5.03.